The van der Waals surface area contributed by atoms with Gasteiger partial charge in [0, 0.05) is 29.8 Å². The van der Waals surface area contributed by atoms with Gasteiger partial charge in [0.2, 0.25) is 0 Å². The molecule has 8 nitrogen and oxygen atoms in total. The second-order valence-corrected chi connectivity index (χ2v) is 8.10. The molecule has 5 rings (SSSR count). The van der Waals surface area contributed by atoms with E-state index < -0.39 is 0 Å². The van der Waals surface area contributed by atoms with Gasteiger partial charge >= 0.3 is 6.03 Å². The summed E-state index contributed by atoms with van der Waals surface area (Å²) in [5, 5.41) is 16.1. The summed E-state index contributed by atoms with van der Waals surface area (Å²) in [5.41, 5.74) is 3.99. The lowest BCUT2D eigenvalue weighted by molar-refractivity contribution is 0.0820. The van der Waals surface area contributed by atoms with E-state index in [4.69, 9.17) is 4.74 Å². The van der Waals surface area contributed by atoms with Crippen LogP contribution in [0.2, 0.25) is 0 Å². The van der Waals surface area contributed by atoms with Crippen molar-refractivity contribution in [2.45, 2.75) is 32.4 Å². The summed E-state index contributed by atoms with van der Waals surface area (Å²) in [6.07, 6.45) is 1.86. The zero-order valence-electron chi connectivity index (χ0n) is 17.7. The number of pyridine rings is 1. The standard InChI is InChI=1S/C23H23FN6O2/c1-15-4-5-16-12-17(22-26-27-28-30(22)21(16)11-15)13-29(14-20-3-2-10-32-20)23(31)25-19-8-6-18(24)7-9-19/h4-9,11-12,20H,2-3,10,13-14H2,1H3,(H,25,31). The van der Waals surface area contributed by atoms with Crippen molar-refractivity contribution in [3.63, 3.8) is 0 Å². The Morgan fingerprint density at radius 2 is 2.09 bits per heavy atom. The van der Waals surface area contributed by atoms with Gasteiger partial charge in [-0.25, -0.2) is 9.18 Å². The van der Waals surface area contributed by atoms with Gasteiger partial charge in [0.1, 0.15) is 5.82 Å². The third kappa shape index (κ3) is 4.11. The van der Waals surface area contributed by atoms with Crippen LogP contribution < -0.4 is 5.32 Å². The maximum atomic E-state index is 13.3. The number of aromatic nitrogens is 4. The summed E-state index contributed by atoms with van der Waals surface area (Å²) in [4.78, 5) is 14.9. The van der Waals surface area contributed by atoms with Gasteiger partial charge in [0.05, 0.1) is 18.2 Å². The van der Waals surface area contributed by atoms with E-state index in [9.17, 15) is 9.18 Å². The number of hydrogen-bond donors (Lipinski definition) is 1. The van der Waals surface area contributed by atoms with Crippen LogP contribution in [0.15, 0.2) is 48.5 Å². The van der Waals surface area contributed by atoms with E-state index in [2.05, 4.69) is 20.8 Å². The molecule has 4 aromatic rings. The summed E-state index contributed by atoms with van der Waals surface area (Å²) in [6, 6.07) is 13.5. The van der Waals surface area contributed by atoms with Crippen LogP contribution in [0.5, 0.6) is 0 Å². The summed E-state index contributed by atoms with van der Waals surface area (Å²) < 4.78 is 20.7. The molecule has 1 fully saturated rings. The molecule has 2 aromatic heterocycles. The Hall–Kier alpha value is -3.59. The van der Waals surface area contributed by atoms with Crippen LogP contribution in [0, 0.1) is 12.7 Å². The van der Waals surface area contributed by atoms with Gasteiger partial charge in [-0.2, -0.15) is 4.52 Å². The highest BCUT2D eigenvalue weighted by Crippen LogP contribution is 2.23. The van der Waals surface area contributed by atoms with E-state index in [1.165, 1.54) is 24.3 Å². The fraction of sp³-hybridized carbons (Fsp3) is 0.304. The predicted octanol–water partition coefficient (Wildman–Crippen LogP) is 3.94. The van der Waals surface area contributed by atoms with Gasteiger partial charge in [-0.05, 0) is 72.2 Å². The van der Waals surface area contributed by atoms with Crippen molar-refractivity contribution >= 4 is 28.3 Å². The third-order valence-electron chi connectivity index (χ3n) is 5.69. The van der Waals surface area contributed by atoms with Gasteiger partial charge in [-0.15, -0.1) is 5.10 Å². The molecule has 32 heavy (non-hydrogen) atoms. The van der Waals surface area contributed by atoms with Gasteiger partial charge in [0.15, 0.2) is 5.65 Å². The van der Waals surface area contributed by atoms with Crippen LogP contribution in [-0.4, -0.2) is 50.2 Å². The summed E-state index contributed by atoms with van der Waals surface area (Å²) in [6.45, 7) is 3.46. The van der Waals surface area contributed by atoms with E-state index in [1.54, 1.807) is 9.42 Å². The molecule has 1 unspecified atom stereocenters. The Kier molecular flexibility index (Phi) is 5.40. The lowest BCUT2D eigenvalue weighted by Gasteiger charge is -2.26. The summed E-state index contributed by atoms with van der Waals surface area (Å²) >= 11 is 0. The minimum atomic E-state index is -0.354. The largest absolute Gasteiger partial charge is 0.376 e. The molecular formula is C23H23FN6O2. The fourth-order valence-corrected chi connectivity index (χ4v) is 4.07. The number of carbonyl (C=O) groups excluding carboxylic acids is 1. The summed E-state index contributed by atoms with van der Waals surface area (Å²) in [5.74, 6) is -0.354. The second-order valence-electron chi connectivity index (χ2n) is 8.10. The van der Waals surface area contributed by atoms with Crippen LogP contribution >= 0.6 is 0 Å². The number of hydrogen-bond acceptors (Lipinski definition) is 5. The number of fused-ring (bicyclic) bond motifs is 3. The quantitative estimate of drug-likeness (QED) is 0.514. The molecule has 2 aromatic carbocycles. The van der Waals surface area contributed by atoms with Gasteiger partial charge in [0.25, 0.3) is 0 Å². The number of aryl methyl sites for hydroxylation is 1. The highest BCUT2D eigenvalue weighted by atomic mass is 19.1. The number of nitrogens with zero attached hydrogens (tertiary/aromatic N) is 5. The van der Waals surface area contributed by atoms with Crippen molar-refractivity contribution in [1.29, 1.82) is 0 Å². The van der Waals surface area contributed by atoms with E-state index >= 15 is 0 Å². The van der Waals surface area contributed by atoms with Crippen molar-refractivity contribution in [2.24, 2.45) is 0 Å². The molecule has 0 spiro atoms. The van der Waals surface area contributed by atoms with E-state index in [0.29, 0.717) is 31.0 Å². The monoisotopic (exact) mass is 434 g/mol. The number of urea groups is 1. The Morgan fingerprint density at radius 3 is 2.88 bits per heavy atom. The molecular weight excluding hydrogens is 411 g/mol. The van der Waals surface area contributed by atoms with Crippen LogP contribution in [0.4, 0.5) is 14.9 Å². The maximum absolute atomic E-state index is 13.3. The zero-order chi connectivity index (χ0) is 22.1. The number of ether oxygens (including phenoxy) is 1. The molecule has 0 bridgehead atoms. The SMILES string of the molecule is Cc1ccc2cc(CN(CC3CCCO3)C(=O)Nc3ccc(F)cc3)c3nnnn3c2c1. The number of nitrogens with one attached hydrogen (secondary N) is 1. The Labute approximate surface area is 184 Å². The average molecular weight is 434 g/mol. The fourth-order valence-electron chi connectivity index (χ4n) is 4.07. The van der Waals surface area contributed by atoms with Crippen molar-refractivity contribution in [2.75, 3.05) is 18.5 Å². The maximum Gasteiger partial charge on any atom is 0.322 e. The topological polar surface area (TPSA) is 84.6 Å². The number of carbonyl (C=O) groups is 1. The number of rotatable bonds is 5. The number of anilines is 1. The van der Waals surface area contributed by atoms with Crippen LogP contribution in [0.1, 0.15) is 24.0 Å². The first-order valence-electron chi connectivity index (χ1n) is 10.6. The molecule has 1 aliphatic heterocycles. The third-order valence-corrected chi connectivity index (χ3v) is 5.69. The lowest BCUT2D eigenvalue weighted by atomic mass is 10.1. The molecule has 1 N–H and O–H groups in total. The van der Waals surface area contributed by atoms with Crippen LogP contribution in [0.25, 0.3) is 16.6 Å². The van der Waals surface area contributed by atoms with Crippen molar-refractivity contribution < 1.29 is 13.9 Å². The Balaban J connectivity index is 1.47. The second kappa shape index (κ2) is 8.51. The normalized spacial score (nSPS) is 16.0. The first-order chi connectivity index (χ1) is 15.6. The van der Waals surface area contributed by atoms with Crippen LogP contribution in [-0.2, 0) is 11.3 Å². The zero-order valence-corrected chi connectivity index (χ0v) is 17.7. The first kappa shape index (κ1) is 20.3. The number of benzene rings is 2. The molecule has 3 heterocycles. The molecule has 0 aliphatic carbocycles. The molecule has 0 radical (unpaired) electrons. The molecule has 0 saturated carbocycles. The molecule has 1 saturated heterocycles. The first-order valence-corrected chi connectivity index (χ1v) is 10.6. The number of amides is 2. The minimum absolute atomic E-state index is 0.0240. The van der Waals surface area contributed by atoms with Crippen molar-refractivity contribution in [3.8, 4) is 0 Å². The van der Waals surface area contributed by atoms with Gasteiger partial charge in [-0.1, -0.05) is 12.1 Å². The molecule has 164 valence electrons. The van der Waals surface area contributed by atoms with Gasteiger partial charge < -0.3 is 15.0 Å². The van der Waals surface area contributed by atoms with E-state index in [-0.39, 0.29) is 18.0 Å². The highest BCUT2D eigenvalue weighted by Gasteiger charge is 2.24. The molecule has 1 atom stereocenters. The van der Waals surface area contributed by atoms with E-state index in [0.717, 1.165) is 34.9 Å². The van der Waals surface area contributed by atoms with Gasteiger partial charge in [-0.3, -0.25) is 0 Å². The Bertz CT molecular complexity index is 1270. The average Bonchev–Trinajstić information content (AvgIpc) is 3.47. The number of halogens is 1. The minimum Gasteiger partial charge on any atom is -0.376 e. The van der Waals surface area contributed by atoms with E-state index in [1.807, 2.05) is 31.2 Å². The molecule has 9 heteroatoms. The summed E-state index contributed by atoms with van der Waals surface area (Å²) in [7, 11) is 0. The molecule has 2 amide bonds. The predicted molar refractivity (Wildman–Crippen MR) is 118 cm³/mol. The number of tetrazole rings is 1. The van der Waals surface area contributed by atoms with Crippen molar-refractivity contribution in [1.82, 2.24) is 24.9 Å². The van der Waals surface area contributed by atoms with Crippen LogP contribution in [0.3, 0.4) is 0 Å². The molecule has 1 aliphatic rings. The highest BCUT2D eigenvalue weighted by molar-refractivity contribution is 5.90. The Morgan fingerprint density at radius 1 is 1.25 bits per heavy atom. The lowest BCUT2D eigenvalue weighted by Crippen LogP contribution is -2.39. The van der Waals surface area contributed by atoms with Crippen molar-refractivity contribution in [3.05, 3.63) is 65.5 Å². The smallest absolute Gasteiger partial charge is 0.322 e.